The molecule has 1 aliphatic rings. The van der Waals surface area contributed by atoms with E-state index in [2.05, 4.69) is 14.5 Å². The van der Waals surface area contributed by atoms with Crippen molar-refractivity contribution in [2.24, 2.45) is 0 Å². The molecule has 0 saturated heterocycles. The van der Waals surface area contributed by atoms with Crippen molar-refractivity contribution < 1.29 is 9.53 Å². The standard InChI is InChI=1S/C20H20N4O2/c25-20(11-16-5-1-2-9-22-16)24-13-17-6-4-10-23(17)14-19(15-24)26-18-7-3-8-21-12-18/h1-10,12,19H,11,13-15H2. The lowest BCUT2D eigenvalue weighted by molar-refractivity contribution is -0.132. The number of hydrogen-bond donors (Lipinski definition) is 0. The van der Waals surface area contributed by atoms with Crippen LogP contribution in [0.2, 0.25) is 0 Å². The fourth-order valence-electron chi connectivity index (χ4n) is 3.20. The molecule has 0 aliphatic carbocycles. The lowest BCUT2D eigenvalue weighted by atomic mass is 10.2. The largest absolute Gasteiger partial charge is 0.485 e. The second-order valence-electron chi connectivity index (χ2n) is 6.35. The number of hydrogen-bond acceptors (Lipinski definition) is 4. The molecule has 6 heteroatoms. The lowest BCUT2D eigenvalue weighted by Crippen LogP contribution is -2.39. The highest BCUT2D eigenvalue weighted by Crippen LogP contribution is 2.18. The zero-order valence-electron chi connectivity index (χ0n) is 14.4. The minimum atomic E-state index is -0.138. The van der Waals surface area contributed by atoms with Crippen molar-refractivity contribution >= 4 is 5.91 Å². The Morgan fingerprint density at radius 1 is 1.12 bits per heavy atom. The Labute approximate surface area is 152 Å². The van der Waals surface area contributed by atoms with E-state index in [0.29, 0.717) is 31.8 Å². The van der Waals surface area contributed by atoms with Crippen molar-refractivity contribution in [3.63, 3.8) is 0 Å². The molecule has 6 nitrogen and oxygen atoms in total. The van der Waals surface area contributed by atoms with Crippen LogP contribution in [0.4, 0.5) is 0 Å². The van der Waals surface area contributed by atoms with Gasteiger partial charge in [-0.3, -0.25) is 14.8 Å². The van der Waals surface area contributed by atoms with E-state index in [0.717, 1.165) is 11.4 Å². The number of fused-ring (bicyclic) bond motifs is 1. The molecule has 0 spiro atoms. The van der Waals surface area contributed by atoms with Gasteiger partial charge in [-0.1, -0.05) is 6.07 Å². The number of pyridine rings is 2. The van der Waals surface area contributed by atoms with Gasteiger partial charge in [-0.15, -0.1) is 0 Å². The number of aromatic nitrogens is 3. The van der Waals surface area contributed by atoms with Crippen LogP contribution in [-0.4, -0.2) is 38.0 Å². The predicted molar refractivity (Wildman–Crippen MR) is 96.4 cm³/mol. The second kappa shape index (κ2) is 7.39. The highest BCUT2D eigenvalue weighted by molar-refractivity contribution is 5.78. The molecule has 0 fully saturated rings. The van der Waals surface area contributed by atoms with Gasteiger partial charge in [-0.2, -0.15) is 0 Å². The van der Waals surface area contributed by atoms with Gasteiger partial charge in [-0.05, 0) is 36.4 Å². The Balaban J connectivity index is 1.53. The van der Waals surface area contributed by atoms with E-state index >= 15 is 0 Å². The number of nitrogens with zero attached hydrogens (tertiary/aromatic N) is 4. The fourth-order valence-corrected chi connectivity index (χ4v) is 3.20. The summed E-state index contributed by atoms with van der Waals surface area (Å²) in [5.41, 5.74) is 1.89. The summed E-state index contributed by atoms with van der Waals surface area (Å²) in [7, 11) is 0. The molecular weight excluding hydrogens is 328 g/mol. The van der Waals surface area contributed by atoms with Crippen LogP contribution in [0.1, 0.15) is 11.4 Å². The summed E-state index contributed by atoms with van der Waals surface area (Å²) in [4.78, 5) is 23.1. The molecule has 3 aromatic heterocycles. The van der Waals surface area contributed by atoms with Crippen molar-refractivity contribution in [3.8, 4) is 5.75 Å². The second-order valence-corrected chi connectivity index (χ2v) is 6.35. The van der Waals surface area contributed by atoms with Gasteiger partial charge in [0.2, 0.25) is 5.91 Å². The molecule has 1 aliphatic heterocycles. The van der Waals surface area contributed by atoms with Crippen LogP contribution < -0.4 is 4.74 Å². The highest BCUT2D eigenvalue weighted by Gasteiger charge is 2.26. The topological polar surface area (TPSA) is 60.2 Å². The smallest absolute Gasteiger partial charge is 0.229 e. The molecule has 0 radical (unpaired) electrons. The van der Waals surface area contributed by atoms with Crippen LogP contribution in [0, 0.1) is 0 Å². The molecule has 0 N–H and O–H groups in total. The van der Waals surface area contributed by atoms with Gasteiger partial charge in [0.05, 0.1) is 32.3 Å². The van der Waals surface area contributed by atoms with Crippen molar-refractivity contribution in [3.05, 3.63) is 78.6 Å². The van der Waals surface area contributed by atoms with Crippen LogP contribution in [0.5, 0.6) is 5.75 Å². The highest BCUT2D eigenvalue weighted by atomic mass is 16.5. The summed E-state index contributed by atoms with van der Waals surface area (Å²) in [6.45, 7) is 1.80. The number of carbonyl (C=O) groups is 1. The van der Waals surface area contributed by atoms with Crippen LogP contribution in [0.15, 0.2) is 67.3 Å². The summed E-state index contributed by atoms with van der Waals surface area (Å²) in [6, 6.07) is 13.4. The normalized spacial score (nSPS) is 16.6. The van der Waals surface area contributed by atoms with Crippen molar-refractivity contribution in [2.75, 3.05) is 6.54 Å². The van der Waals surface area contributed by atoms with Crippen LogP contribution in [0.25, 0.3) is 0 Å². The first-order chi connectivity index (χ1) is 12.8. The number of amides is 1. The Kier molecular flexibility index (Phi) is 4.64. The first kappa shape index (κ1) is 16.3. The Bertz CT molecular complexity index is 864. The van der Waals surface area contributed by atoms with Gasteiger partial charge >= 0.3 is 0 Å². The molecule has 0 aromatic carbocycles. The first-order valence-electron chi connectivity index (χ1n) is 8.66. The molecule has 1 unspecified atom stereocenters. The third kappa shape index (κ3) is 3.74. The molecule has 1 atom stereocenters. The third-order valence-corrected chi connectivity index (χ3v) is 4.45. The van der Waals surface area contributed by atoms with E-state index in [9.17, 15) is 4.79 Å². The maximum atomic E-state index is 12.9. The van der Waals surface area contributed by atoms with Gasteiger partial charge in [-0.25, -0.2) is 0 Å². The van der Waals surface area contributed by atoms with Gasteiger partial charge in [0.25, 0.3) is 0 Å². The van der Waals surface area contributed by atoms with Crippen molar-refractivity contribution in [1.82, 2.24) is 19.4 Å². The van der Waals surface area contributed by atoms with Crippen LogP contribution in [0.3, 0.4) is 0 Å². The fraction of sp³-hybridized carbons (Fsp3) is 0.250. The van der Waals surface area contributed by atoms with E-state index < -0.39 is 0 Å². The lowest BCUT2D eigenvalue weighted by Gasteiger charge is -2.24. The molecule has 3 aromatic rings. The Morgan fingerprint density at radius 3 is 2.88 bits per heavy atom. The summed E-state index contributed by atoms with van der Waals surface area (Å²) in [6.07, 6.45) is 7.31. The summed E-state index contributed by atoms with van der Waals surface area (Å²) in [5.74, 6) is 0.767. The summed E-state index contributed by atoms with van der Waals surface area (Å²) in [5, 5.41) is 0. The summed E-state index contributed by atoms with van der Waals surface area (Å²) >= 11 is 0. The monoisotopic (exact) mass is 348 g/mol. The first-order valence-corrected chi connectivity index (χ1v) is 8.66. The maximum absolute atomic E-state index is 12.9. The zero-order valence-corrected chi connectivity index (χ0v) is 14.4. The SMILES string of the molecule is O=C(Cc1ccccn1)N1Cc2cccn2CC(Oc2cccnc2)C1. The minimum Gasteiger partial charge on any atom is -0.485 e. The van der Waals surface area contributed by atoms with E-state index in [1.165, 1.54) is 0 Å². The predicted octanol–water partition coefficient (Wildman–Crippen LogP) is 2.31. The van der Waals surface area contributed by atoms with E-state index in [-0.39, 0.29) is 12.0 Å². The van der Waals surface area contributed by atoms with E-state index in [1.807, 2.05) is 53.6 Å². The van der Waals surface area contributed by atoms with Gasteiger partial charge < -0.3 is 14.2 Å². The van der Waals surface area contributed by atoms with Gasteiger partial charge in [0.1, 0.15) is 11.9 Å². The molecule has 26 heavy (non-hydrogen) atoms. The van der Waals surface area contributed by atoms with Crippen LogP contribution >= 0.6 is 0 Å². The van der Waals surface area contributed by atoms with Crippen LogP contribution in [-0.2, 0) is 24.3 Å². The molecule has 4 rings (SSSR count). The van der Waals surface area contributed by atoms with Crippen molar-refractivity contribution in [1.29, 1.82) is 0 Å². The quantitative estimate of drug-likeness (QED) is 0.726. The minimum absolute atomic E-state index is 0.0538. The number of rotatable bonds is 4. The average molecular weight is 348 g/mol. The Hall–Kier alpha value is -3.15. The van der Waals surface area contributed by atoms with Crippen molar-refractivity contribution in [2.45, 2.75) is 25.6 Å². The molecule has 0 bridgehead atoms. The molecule has 0 saturated carbocycles. The molecule has 4 heterocycles. The average Bonchev–Trinajstić information content (AvgIpc) is 3.02. The Morgan fingerprint density at radius 2 is 2.08 bits per heavy atom. The summed E-state index contributed by atoms with van der Waals surface area (Å²) < 4.78 is 8.25. The van der Waals surface area contributed by atoms with E-state index in [1.54, 1.807) is 18.6 Å². The number of carbonyl (C=O) groups excluding carboxylic acids is 1. The molecule has 1 amide bonds. The molecular formula is C20H20N4O2. The third-order valence-electron chi connectivity index (χ3n) is 4.45. The molecule has 132 valence electrons. The van der Waals surface area contributed by atoms with Gasteiger partial charge in [0, 0.05) is 30.0 Å². The zero-order chi connectivity index (χ0) is 17.8. The number of ether oxygens (including phenoxy) is 1. The van der Waals surface area contributed by atoms with E-state index in [4.69, 9.17) is 4.74 Å². The van der Waals surface area contributed by atoms with Gasteiger partial charge in [0.15, 0.2) is 0 Å². The maximum Gasteiger partial charge on any atom is 0.229 e.